The molecule has 0 saturated carbocycles. The third-order valence-electron chi connectivity index (χ3n) is 3.10. The van der Waals surface area contributed by atoms with Crippen molar-refractivity contribution in [2.75, 3.05) is 6.61 Å². The Morgan fingerprint density at radius 2 is 2.06 bits per heavy atom. The monoisotopic (exact) mass is 255 g/mol. The predicted molar refractivity (Wildman–Crippen MR) is 56.2 cm³/mol. The molecule has 2 aliphatic heterocycles. The van der Waals surface area contributed by atoms with Gasteiger partial charge in [-0.25, -0.2) is 4.79 Å². The van der Waals surface area contributed by atoms with Gasteiger partial charge in [0.05, 0.1) is 12.3 Å². The van der Waals surface area contributed by atoms with E-state index in [-0.39, 0.29) is 48.3 Å². The summed E-state index contributed by atoms with van der Waals surface area (Å²) in [5.41, 5.74) is -0.487. The number of rotatable bonds is 1. The fourth-order valence-corrected chi connectivity index (χ4v) is 2.10. The molecule has 2 heterocycles. The summed E-state index contributed by atoms with van der Waals surface area (Å²) < 4.78 is 4.81. The molecule has 0 radical (unpaired) electrons. The molecule has 6 heteroatoms. The van der Waals surface area contributed by atoms with Crippen molar-refractivity contribution in [3.63, 3.8) is 0 Å². The SMILES string of the molecule is O=C1OCCC12ON=C(c1ccccc1)C2[O-].[Na+]. The first-order chi connectivity index (χ1) is 8.24. The molecular formula is C12H10NNaO4. The maximum atomic E-state index is 12.3. The van der Waals surface area contributed by atoms with Crippen LogP contribution >= 0.6 is 0 Å². The van der Waals surface area contributed by atoms with Crippen LogP contribution < -0.4 is 34.7 Å². The van der Waals surface area contributed by atoms with Gasteiger partial charge in [0.15, 0.2) is 0 Å². The minimum Gasteiger partial charge on any atom is -0.844 e. The predicted octanol–water partition coefficient (Wildman–Crippen LogP) is -3.16. The Morgan fingerprint density at radius 1 is 1.33 bits per heavy atom. The molecule has 1 saturated heterocycles. The number of oxime groups is 1. The largest absolute Gasteiger partial charge is 1.00 e. The Balaban J connectivity index is 0.00000120. The summed E-state index contributed by atoms with van der Waals surface area (Å²) in [6, 6.07) is 9.00. The zero-order chi connectivity index (χ0) is 11.9. The Bertz CT molecular complexity index is 490. The molecule has 2 unspecified atom stereocenters. The first kappa shape index (κ1) is 13.5. The van der Waals surface area contributed by atoms with Crippen LogP contribution in [0.4, 0.5) is 0 Å². The van der Waals surface area contributed by atoms with Crippen LogP contribution in [0.5, 0.6) is 0 Å². The van der Waals surface area contributed by atoms with E-state index in [1.807, 2.05) is 18.2 Å². The average molecular weight is 255 g/mol. The van der Waals surface area contributed by atoms with Gasteiger partial charge in [0.25, 0.3) is 0 Å². The molecule has 2 aliphatic rings. The Kier molecular flexibility index (Phi) is 3.77. The number of hydrogen-bond acceptors (Lipinski definition) is 5. The fraction of sp³-hybridized carbons (Fsp3) is 0.333. The Hall–Kier alpha value is -0.880. The second-order valence-corrected chi connectivity index (χ2v) is 4.09. The van der Waals surface area contributed by atoms with E-state index in [4.69, 9.17) is 9.57 Å². The van der Waals surface area contributed by atoms with Gasteiger partial charge in [0, 0.05) is 6.42 Å². The molecule has 1 aromatic carbocycles. The molecule has 0 aromatic heterocycles. The number of esters is 1. The minimum absolute atomic E-state index is 0. The molecule has 5 nitrogen and oxygen atoms in total. The maximum absolute atomic E-state index is 12.3. The van der Waals surface area contributed by atoms with Gasteiger partial charge in [-0.15, -0.1) is 0 Å². The molecule has 0 N–H and O–H groups in total. The second kappa shape index (κ2) is 5.01. The van der Waals surface area contributed by atoms with Crippen LogP contribution in [0.3, 0.4) is 0 Å². The third-order valence-corrected chi connectivity index (χ3v) is 3.10. The van der Waals surface area contributed by atoms with Crippen LogP contribution in [-0.2, 0) is 14.4 Å². The quantitative estimate of drug-likeness (QED) is 0.392. The van der Waals surface area contributed by atoms with Crippen molar-refractivity contribution in [2.24, 2.45) is 5.16 Å². The molecule has 1 fully saturated rings. The number of benzene rings is 1. The minimum atomic E-state index is -1.44. The van der Waals surface area contributed by atoms with Crippen molar-refractivity contribution in [2.45, 2.75) is 18.1 Å². The maximum Gasteiger partial charge on any atom is 1.00 e. The summed E-state index contributed by atoms with van der Waals surface area (Å²) in [5, 5.41) is 16.0. The van der Waals surface area contributed by atoms with E-state index in [0.717, 1.165) is 0 Å². The molecule has 0 aliphatic carbocycles. The Morgan fingerprint density at radius 3 is 2.67 bits per heavy atom. The second-order valence-electron chi connectivity index (χ2n) is 4.09. The smallest absolute Gasteiger partial charge is 0.844 e. The van der Waals surface area contributed by atoms with Gasteiger partial charge in [0.2, 0.25) is 5.60 Å². The molecule has 1 spiro atoms. The van der Waals surface area contributed by atoms with Gasteiger partial charge < -0.3 is 14.7 Å². The van der Waals surface area contributed by atoms with E-state index in [2.05, 4.69) is 5.16 Å². The van der Waals surface area contributed by atoms with E-state index in [9.17, 15) is 9.90 Å². The van der Waals surface area contributed by atoms with Crippen molar-refractivity contribution in [3.8, 4) is 0 Å². The summed E-state index contributed by atoms with van der Waals surface area (Å²) in [4.78, 5) is 16.7. The van der Waals surface area contributed by atoms with Crippen molar-refractivity contribution < 1.29 is 49.0 Å². The van der Waals surface area contributed by atoms with Crippen LogP contribution in [0.1, 0.15) is 12.0 Å². The molecule has 0 amide bonds. The topological polar surface area (TPSA) is 71.0 Å². The van der Waals surface area contributed by atoms with Gasteiger partial charge >= 0.3 is 35.5 Å². The molecule has 18 heavy (non-hydrogen) atoms. The van der Waals surface area contributed by atoms with Gasteiger partial charge in [-0.2, -0.15) is 0 Å². The van der Waals surface area contributed by atoms with E-state index in [1.165, 1.54) is 0 Å². The zero-order valence-corrected chi connectivity index (χ0v) is 12.0. The molecule has 3 rings (SSSR count). The number of ether oxygens (including phenoxy) is 1. The molecule has 2 atom stereocenters. The number of cyclic esters (lactones) is 1. The summed E-state index contributed by atoms with van der Waals surface area (Å²) in [6.07, 6.45) is -1.06. The van der Waals surface area contributed by atoms with E-state index >= 15 is 0 Å². The van der Waals surface area contributed by atoms with Gasteiger partial charge in [-0.3, -0.25) is 0 Å². The van der Waals surface area contributed by atoms with Crippen molar-refractivity contribution in [1.82, 2.24) is 0 Å². The normalized spacial score (nSPS) is 29.5. The van der Waals surface area contributed by atoms with Crippen LogP contribution in [-0.4, -0.2) is 30.0 Å². The van der Waals surface area contributed by atoms with Gasteiger partial charge in [0.1, 0.15) is 0 Å². The number of hydrogen-bond donors (Lipinski definition) is 0. The van der Waals surface area contributed by atoms with Crippen LogP contribution in [0.25, 0.3) is 0 Å². The first-order valence-electron chi connectivity index (χ1n) is 5.38. The van der Waals surface area contributed by atoms with E-state index in [1.54, 1.807) is 12.1 Å². The van der Waals surface area contributed by atoms with Crippen molar-refractivity contribution in [1.29, 1.82) is 0 Å². The summed E-state index contributed by atoms with van der Waals surface area (Å²) in [6.45, 7) is 0.217. The molecule has 88 valence electrons. The summed E-state index contributed by atoms with van der Waals surface area (Å²) >= 11 is 0. The third kappa shape index (κ3) is 1.87. The van der Waals surface area contributed by atoms with Crippen molar-refractivity contribution in [3.05, 3.63) is 35.9 Å². The zero-order valence-electron chi connectivity index (χ0n) is 9.96. The number of nitrogens with zero attached hydrogens (tertiary/aromatic N) is 1. The van der Waals surface area contributed by atoms with Crippen LogP contribution in [0, 0.1) is 0 Å². The molecule has 1 aromatic rings. The number of carbonyl (C=O) groups excluding carboxylic acids is 1. The fourth-order valence-electron chi connectivity index (χ4n) is 2.10. The summed E-state index contributed by atoms with van der Waals surface area (Å²) in [5.74, 6) is -0.604. The first-order valence-corrected chi connectivity index (χ1v) is 5.38. The Labute approximate surface area is 126 Å². The van der Waals surface area contributed by atoms with Gasteiger partial charge in [-0.1, -0.05) is 35.5 Å². The van der Waals surface area contributed by atoms with Crippen molar-refractivity contribution >= 4 is 11.7 Å². The van der Waals surface area contributed by atoms with E-state index < -0.39 is 17.7 Å². The van der Waals surface area contributed by atoms with Crippen LogP contribution in [0.15, 0.2) is 35.5 Å². The summed E-state index contributed by atoms with van der Waals surface area (Å²) in [7, 11) is 0. The van der Waals surface area contributed by atoms with Crippen LogP contribution in [0.2, 0.25) is 0 Å². The molecular weight excluding hydrogens is 245 g/mol. The average Bonchev–Trinajstić information content (AvgIpc) is 2.88. The van der Waals surface area contributed by atoms with Gasteiger partial charge in [-0.05, 0) is 11.7 Å². The standard InChI is InChI=1S/C12H10NO4.Na/c14-10-9(8-4-2-1-3-5-8)13-17-12(10)6-7-16-11(12)15;/h1-5,10H,6-7H2;/q-1;+1. The number of carbonyl (C=O) groups is 1. The van der Waals surface area contributed by atoms with E-state index in [0.29, 0.717) is 5.56 Å². The molecule has 0 bridgehead atoms.